The molecule has 0 aromatic rings. The Balaban J connectivity index is 0. The van der Waals surface area contributed by atoms with Gasteiger partial charge in [0.25, 0.3) is 0 Å². The highest BCUT2D eigenvalue weighted by molar-refractivity contribution is 5.06. The van der Waals surface area contributed by atoms with Crippen molar-refractivity contribution in [1.82, 2.24) is 0 Å². The SMILES string of the molecule is C/C=C\C=C(C)C.CCCC. The Kier molecular flexibility index (Phi) is 14.5. The molecular formula is C11H22. The Labute approximate surface area is 72.0 Å². The van der Waals surface area contributed by atoms with Crippen LogP contribution in [-0.4, -0.2) is 0 Å². The van der Waals surface area contributed by atoms with E-state index in [0.29, 0.717) is 0 Å². The summed E-state index contributed by atoms with van der Waals surface area (Å²) in [6.07, 6.45) is 8.78. The van der Waals surface area contributed by atoms with E-state index in [1.165, 1.54) is 18.4 Å². The van der Waals surface area contributed by atoms with Crippen LogP contribution in [-0.2, 0) is 0 Å². The van der Waals surface area contributed by atoms with E-state index in [-0.39, 0.29) is 0 Å². The van der Waals surface area contributed by atoms with Gasteiger partial charge in [0.2, 0.25) is 0 Å². The van der Waals surface area contributed by atoms with Gasteiger partial charge in [0, 0.05) is 0 Å². The molecule has 0 atom stereocenters. The van der Waals surface area contributed by atoms with Crippen LogP contribution < -0.4 is 0 Å². The first-order valence-electron chi connectivity index (χ1n) is 4.45. The topological polar surface area (TPSA) is 0 Å². The van der Waals surface area contributed by atoms with Crippen LogP contribution >= 0.6 is 0 Å². The smallest absolute Gasteiger partial charge is 0.0439 e. The molecule has 0 bridgehead atoms. The van der Waals surface area contributed by atoms with Crippen LogP contribution in [0.4, 0.5) is 0 Å². The molecule has 66 valence electrons. The standard InChI is InChI=1S/C7H12.C4H10/c1-4-5-6-7(2)3;1-3-4-2/h4-6H,1-3H3;3-4H2,1-2H3/b5-4-;. The van der Waals surface area contributed by atoms with Gasteiger partial charge in [-0.25, -0.2) is 0 Å². The second-order valence-corrected chi connectivity index (χ2v) is 2.77. The Bertz CT molecular complexity index is 101. The van der Waals surface area contributed by atoms with Crippen molar-refractivity contribution in [2.75, 3.05) is 0 Å². The molecule has 0 aromatic carbocycles. The summed E-state index contributed by atoms with van der Waals surface area (Å²) in [6.45, 7) is 10.5. The molecule has 0 heterocycles. The molecule has 0 nitrogen and oxygen atoms in total. The molecule has 0 unspecified atom stereocenters. The van der Waals surface area contributed by atoms with Crippen LogP contribution in [0.2, 0.25) is 0 Å². The monoisotopic (exact) mass is 154 g/mol. The minimum absolute atomic E-state index is 1.32. The first-order chi connectivity index (χ1) is 5.18. The van der Waals surface area contributed by atoms with Crippen LogP contribution in [0, 0.1) is 0 Å². The van der Waals surface area contributed by atoms with Gasteiger partial charge < -0.3 is 0 Å². The molecule has 0 spiro atoms. The molecule has 0 N–H and O–H groups in total. The van der Waals surface area contributed by atoms with Gasteiger partial charge in [-0.1, -0.05) is 50.5 Å². The highest BCUT2D eigenvalue weighted by Gasteiger charge is 1.65. The summed E-state index contributed by atoms with van der Waals surface area (Å²) in [5.41, 5.74) is 1.35. The van der Waals surface area contributed by atoms with Crippen molar-refractivity contribution in [3.05, 3.63) is 23.8 Å². The zero-order valence-electron chi connectivity index (χ0n) is 8.65. The van der Waals surface area contributed by atoms with Gasteiger partial charge in [0.05, 0.1) is 0 Å². The summed E-state index contributed by atoms with van der Waals surface area (Å²) in [6, 6.07) is 0. The molecule has 0 aromatic heterocycles. The molecule has 11 heavy (non-hydrogen) atoms. The molecule has 0 aliphatic heterocycles. The van der Waals surface area contributed by atoms with Gasteiger partial charge in [-0.2, -0.15) is 0 Å². The normalized spacial score (nSPS) is 8.82. The first-order valence-corrected chi connectivity index (χ1v) is 4.45. The molecule has 0 amide bonds. The fourth-order valence-corrected chi connectivity index (χ4v) is 0.289. The van der Waals surface area contributed by atoms with Crippen LogP contribution in [0.3, 0.4) is 0 Å². The Hall–Kier alpha value is -0.520. The van der Waals surface area contributed by atoms with Crippen LogP contribution in [0.25, 0.3) is 0 Å². The van der Waals surface area contributed by atoms with Gasteiger partial charge in [-0.3, -0.25) is 0 Å². The van der Waals surface area contributed by atoms with E-state index in [4.69, 9.17) is 0 Å². The minimum atomic E-state index is 1.32. The van der Waals surface area contributed by atoms with Crippen molar-refractivity contribution >= 4 is 0 Å². The quantitative estimate of drug-likeness (QED) is 0.519. The number of hydrogen-bond donors (Lipinski definition) is 0. The summed E-state index contributed by atoms with van der Waals surface area (Å²) in [5.74, 6) is 0. The van der Waals surface area contributed by atoms with Crippen molar-refractivity contribution in [2.24, 2.45) is 0 Å². The van der Waals surface area contributed by atoms with Gasteiger partial charge in [-0.15, -0.1) is 0 Å². The predicted octanol–water partition coefficient (Wildman–Crippen LogP) is 4.34. The molecule has 0 saturated heterocycles. The maximum absolute atomic E-state index is 2.18. The number of unbranched alkanes of at least 4 members (excludes halogenated alkanes) is 1. The molecule has 0 rings (SSSR count). The highest BCUT2D eigenvalue weighted by atomic mass is 13.7. The van der Waals surface area contributed by atoms with E-state index in [9.17, 15) is 0 Å². The summed E-state index contributed by atoms with van der Waals surface area (Å²) in [7, 11) is 0. The molecule has 0 fully saturated rings. The summed E-state index contributed by atoms with van der Waals surface area (Å²) in [5, 5.41) is 0. The van der Waals surface area contributed by atoms with E-state index in [1.807, 2.05) is 19.1 Å². The molecule has 0 heteroatoms. The number of hydrogen-bond acceptors (Lipinski definition) is 0. The maximum atomic E-state index is 2.18. The zero-order valence-corrected chi connectivity index (χ0v) is 8.65. The fraction of sp³-hybridized carbons (Fsp3) is 0.636. The third-order valence-electron chi connectivity index (χ3n) is 1.12. The van der Waals surface area contributed by atoms with Crippen LogP contribution in [0.15, 0.2) is 23.8 Å². The lowest BCUT2D eigenvalue weighted by Gasteiger charge is -1.77. The highest BCUT2D eigenvalue weighted by Crippen LogP contribution is 1.87. The van der Waals surface area contributed by atoms with Crippen LogP contribution in [0.1, 0.15) is 47.5 Å². The van der Waals surface area contributed by atoms with Crippen molar-refractivity contribution < 1.29 is 0 Å². The lowest BCUT2D eigenvalue weighted by atomic mass is 10.3. The summed E-state index contributed by atoms with van der Waals surface area (Å²) in [4.78, 5) is 0. The van der Waals surface area contributed by atoms with Crippen molar-refractivity contribution in [1.29, 1.82) is 0 Å². The predicted molar refractivity (Wildman–Crippen MR) is 54.8 cm³/mol. The van der Waals surface area contributed by atoms with Crippen LogP contribution in [0.5, 0.6) is 0 Å². The van der Waals surface area contributed by atoms with Crippen molar-refractivity contribution in [3.8, 4) is 0 Å². The first kappa shape index (κ1) is 13.1. The van der Waals surface area contributed by atoms with Gasteiger partial charge in [0.15, 0.2) is 0 Å². The van der Waals surface area contributed by atoms with Gasteiger partial charge in [-0.05, 0) is 20.8 Å². The lowest BCUT2D eigenvalue weighted by molar-refractivity contribution is 0.886. The molecule has 0 aliphatic carbocycles. The van der Waals surface area contributed by atoms with Crippen molar-refractivity contribution in [2.45, 2.75) is 47.5 Å². The Morgan fingerprint density at radius 3 is 1.64 bits per heavy atom. The van der Waals surface area contributed by atoms with E-state index in [1.54, 1.807) is 0 Å². The number of allylic oxidation sites excluding steroid dienone is 4. The average Bonchev–Trinajstić information content (AvgIpc) is 2.01. The second kappa shape index (κ2) is 12.2. The molecule has 0 radical (unpaired) electrons. The molecule has 0 saturated carbocycles. The minimum Gasteiger partial charge on any atom is -0.0877 e. The largest absolute Gasteiger partial charge is 0.0877 e. The van der Waals surface area contributed by atoms with E-state index in [2.05, 4.69) is 33.8 Å². The third-order valence-corrected chi connectivity index (χ3v) is 1.12. The maximum Gasteiger partial charge on any atom is -0.0439 e. The number of rotatable bonds is 2. The Morgan fingerprint density at radius 1 is 1.09 bits per heavy atom. The molecular weight excluding hydrogens is 132 g/mol. The van der Waals surface area contributed by atoms with Gasteiger partial charge >= 0.3 is 0 Å². The van der Waals surface area contributed by atoms with E-state index in [0.717, 1.165) is 0 Å². The van der Waals surface area contributed by atoms with Crippen molar-refractivity contribution in [3.63, 3.8) is 0 Å². The average molecular weight is 154 g/mol. The summed E-state index contributed by atoms with van der Waals surface area (Å²) < 4.78 is 0. The van der Waals surface area contributed by atoms with E-state index < -0.39 is 0 Å². The molecule has 0 aliphatic rings. The van der Waals surface area contributed by atoms with Gasteiger partial charge in [0.1, 0.15) is 0 Å². The second-order valence-electron chi connectivity index (χ2n) is 2.77. The van der Waals surface area contributed by atoms with E-state index >= 15 is 0 Å². The fourth-order valence-electron chi connectivity index (χ4n) is 0.289. The summed E-state index contributed by atoms with van der Waals surface area (Å²) >= 11 is 0. The lowest BCUT2D eigenvalue weighted by Crippen LogP contribution is -1.56. The third kappa shape index (κ3) is 26.4. The zero-order chi connectivity index (χ0) is 9.11. The Morgan fingerprint density at radius 2 is 1.55 bits per heavy atom.